The highest BCUT2D eigenvalue weighted by atomic mass is 35.5. The monoisotopic (exact) mass is 543 g/mol. The van der Waals surface area contributed by atoms with Crippen molar-refractivity contribution in [3.63, 3.8) is 0 Å². The summed E-state index contributed by atoms with van der Waals surface area (Å²) < 4.78 is 40.2. The first-order valence-electron chi connectivity index (χ1n) is 11.7. The van der Waals surface area contributed by atoms with Crippen LogP contribution in [-0.2, 0) is 28.7 Å². The lowest BCUT2D eigenvalue weighted by Gasteiger charge is -2.33. The highest BCUT2D eigenvalue weighted by molar-refractivity contribution is 6.42. The smallest absolute Gasteiger partial charge is 0.351 e. The van der Waals surface area contributed by atoms with Gasteiger partial charge in [-0.25, -0.2) is 0 Å². The average Bonchev–Trinajstić information content (AvgIpc) is 2.75. The molecule has 1 heterocycles. The Labute approximate surface area is 219 Å². The highest BCUT2D eigenvalue weighted by Crippen LogP contribution is 2.38. The second kappa shape index (κ2) is 11.4. The van der Waals surface area contributed by atoms with Gasteiger partial charge in [-0.1, -0.05) is 35.3 Å². The summed E-state index contributed by atoms with van der Waals surface area (Å²) in [5.41, 5.74) is -0.180. The summed E-state index contributed by atoms with van der Waals surface area (Å²) in [4.78, 5) is 27.3. The second-order valence-corrected chi connectivity index (χ2v) is 10.9. The Morgan fingerprint density at radius 1 is 1.06 bits per heavy atom. The lowest BCUT2D eigenvalue weighted by Crippen LogP contribution is -2.46. The zero-order valence-corrected chi connectivity index (χ0v) is 21.9. The molecular weight excluding hydrogens is 514 g/mol. The van der Waals surface area contributed by atoms with E-state index in [0.717, 1.165) is 43.6 Å². The number of benzene rings is 2. The standard InChI is InChI=1S/C26H30Cl2F3N3O2/c1-25(2,3)33-24(36)17-9-11-34(12-10-17)15-16-5-4-6-18(13-16)32-22(35)14-19-20(26(29,30)31)7-8-21(27)23(19)28/h4-8,13,17H,9-12,14-15H2,1-3H3,(H,32,35)(H,33,36). The van der Waals surface area contributed by atoms with Crippen molar-refractivity contribution >= 4 is 40.7 Å². The zero-order valence-electron chi connectivity index (χ0n) is 20.4. The minimum Gasteiger partial charge on any atom is -0.351 e. The fraction of sp³-hybridized carbons (Fsp3) is 0.462. The SMILES string of the molecule is CC(C)(C)NC(=O)C1CCN(Cc2cccc(NC(=O)Cc3c(C(F)(F)F)ccc(Cl)c3Cl)c2)CC1. The maximum atomic E-state index is 13.4. The van der Waals surface area contributed by atoms with E-state index in [2.05, 4.69) is 15.5 Å². The molecule has 1 saturated heterocycles. The molecule has 1 fully saturated rings. The van der Waals surface area contributed by atoms with Crippen LogP contribution in [0.4, 0.5) is 18.9 Å². The van der Waals surface area contributed by atoms with Crippen molar-refractivity contribution in [1.82, 2.24) is 10.2 Å². The van der Waals surface area contributed by atoms with E-state index >= 15 is 0 Å². The summed E-state index contributed by atoms with van der Waals surface area (Å²) in [5, 5.41) is 5.37. The molecule has 2 amide bonds. The Balaban J connectivity index is 1.60. The van der Waals surface area contributed by atoms with Crippen molar-refractivity contribution in [2.45, 2.75) is 58.3 Å². The molecule has 2 N–H and O–H groups in total. The lowest BCUT2D eigenvalue weighted by atomic mass is 9.94. The molecule has 10 heteroatoms. The van der Waals surface area contributed by atoms with E-state index in [1.54, 1.807) is 18.2 Å². The van der Waals surface area contributed by atoms with Crippen LogP contribution in [0.2, 0.25) is 10.0 Å². The first-order valence-corrected chi connectivity index (χ1v) is 12.5. The van der Waals surface area contributed by atoms with Gasteiger partial charge in [-0.2, -0.15) is 13.2 Å². The molecule has 0 radical (unpaired) electrons. The molecular formula is C26H30Cl2F3N3O2. The number of carbonyl (C=O) groups is 2. The largest absolute Gasteiger partial charge is 0.416 e. The predicted octanol–water partition coefficient (Wildman–Crippen LogP) is 6.32. The maximum Gasteiger partial charge on any atom is 0.416 e. The molecule has 5 nitrogen and oxygen atoms in total. The van der Waals surface area contributed by atoms with E-state index in [0.29, 0.717) is 12.2 Å². The number of rotatable bonds is 6. The molecule has 1 aliphatic rings. The minimum atomic E-state index is -4.66. The third kappa shape index (κ3) is 7.85. The van der Waals surface area contributed by atoms with Crippen LogP contribution in [-0.4, -0.2) is 35.3 Å². The summed E-state index contributed by atoms with van der Waals surface area (Å²) in [7, 11) is 0. The van der Waals surface area contributed by atoms with Gasteiger partial charge in [0.15, 0.2) is 0 Å². The number of hydrogen-bond donors (Lipinski definition) is 2. The number of amides is 2. The van der Waals surface area contributed by atoms with Crippen molar-refractivity contribution in [3.8, 4) is 0 Å². The van der Waals surface area contributed by atoms with Gasteiger partial charge in [-0.15, -0.1) is 0 Å². The highest BCUT2D eigenvalue weighted by Gasteiger charge is 2.35. The Morgan fingerprint density at radius 2 is 1.72 bits per heavy atom. The Kier molecular flexibility index (Phi) is 8.96. The van der Waals surface area contributed by atoms with Gasteiger partial charge in [0.2, 0.25) is 11.8 Å². The van der Waals surface area contributed by atoms with Crippen molar-refractivity contribution in [2.24, 2.45) is 5.92 Å². The minimum absolute atomic E-state index is 0.00833. The van der Waals surface area contributed by atoms with Crippen LogP contribution < -0.4 is 10.6 Å². The number of likely N-dealkylation sites (tertiary alicyclic amines) is 1. The number of anilines is 1. The van der Waals surface area contributed by atoms with Crippen molar-refractivity contribution in [3.05, 3.63) is 63.1 Å². The van der Waals surface area contributed by atoms with Crippen molar-refractivity contribution < 1.29 is 22.8 Å². The summed E-state index contributed by atoms with van der Waals surface area (Å²) in [5.74, 6) is -0.557. The van der Waals surface area contributed by atoms with Crippen LogP contribution in [0.15, 0.2) is 36.4 Å². The van der Waals surface area contributed by atoms with Gasteiger partial charge in [-0.05, 0) is 82.1 Å². The third-order valence-corrected chi connectivity index (χ3v) is 6.76. The summed E-state index contributed by atoms with van der Waals surface area (Å²) in [6.07, 6.45) is -3.70. The van der Waals surface area contributed by atoms with Gasteiger partial charge >= 0.3 is 6.18 Å². The van der Waals surface area contributed by atoms with Crippen LogP contribution in [0.3, 0.4) is 0 Å². The number of piperidine rings is 1. The predicted molar refractivity (Wildman–Crippen MR) is 136 cm³/mol. The molecule has 0 saturated carbocycles. The quantitative estimate of drug-likeness (QED) is 0.448. The van der Waals surface area contributed by atoms with Crippen LogP contribution in [0, 0.1) is 5.92 Å². The van der Waals surface area contributed by atoms with E-state index in [9.17, 15) is 22.8 Å². The normalized spacial score (nSPS) is 15.6. The molecule has 0 aromatic heterocycles. The zero-order chi connectivity index (χ0) is 26.7. The maximum absolute atomic E-state index is 13.4. The van der Waals surface area contributed by atoms with Crippen molar-refractivity contribution in [2.75, 3.05) is 18.4 Å². The topological polar surface area (TPSA) is 61.4 Å². The number of nitrogens with zero attached hydrogens (tertiary/aromatic N) is 1. The molecule has 0 spiro atoms. The average molecular weight is 544 g/mol. The number of hydrogen-bond acceptors (Lipinski definition) is 3. The molecule has 1 aliphatic heterocycles. The molecule has 2 aromatic rings. The first-order chi connectivity index (χ1) is 16.7. The van der Waals surface area contributed by atoms with E-state index in [4.69, 9.17) is 23.2 Å². The Bertz CT molecular complexity index is 1110. The summed E-state index contributed by atoms with van der Waals surface area (Å²) in [6, 6.07) is 9.06. The van der Waals surface area contributed by atoms with Crippen LogP contribution in [0.1, 0.15) is 50.3 Å². The van der Waals surface area contributed by atoms with Gasteiger partial charge in [0.1, 0.15) is 0 Å². The van der Waals surface area contributed by atoms with Gasteiger partial charge in [0, 0.05) is 23.7 Å². The molecule has 196 valence electrons. The molecule has 0 aliphatic carbocycles. The molecule has 0 atom stereocenters. The summed E-state index contributed by atoms with van der Waals surface area (Å²) >= 11 is 11.9. The van der Waals surface area contributed by atoms with Crippen LogP contribution in [0.25, 0.3) is 0 Å². The Hall–Kier alpha value is -2.29. The van der Waals surface area contributed by atoms with Gasteiger partial charge < -0.3 is 10.6 Å². The van der Waals surface area contributed by atoms with E-state index in [-0.39, 0.29) is 33.0 Å². The molecule has 36 heavy (non-hydrogen) atoms. The summed E-state index contributed by atoms with van der Waals surface area (Å²) in [6.45, 7) is 8.06. The van der Waals surface area contributed by atoms with E-state index in [1.165, 1.54) is 0 Å². The lowest BCUT2D eigenvalue weighted by molar-refractivity contribution is -0.138. The molecule has 0 bridgehead atoms. The third-order valence-electron chi connectivity index (χ3n) is 5.91. The van der Waals surface area contributed by atoms with E-state index in [1.807, 2.05) is 26.8 Å². The second-order valence-electron chi connectivity index (χ2n) is 10.1. The van der Waals surface area contributed by atoms with E-state index < -0.39 is 24.1 Å². The fourth-order valence-corrected chi connectivity index (χ4v) is 4.64. The van der Waals surface area contributed by atoms with Crippen LogP contribution >= 0.6 is 23.2 Å². The molecule has 3 rings (SSSR count). The van der Waals surface area contributed by atoms with Gasteiger partial charge in [0.25, 0.3) is 0 Å². The first kappa shape index (κ1) is 28.3. The Morgan fingerprint density at radius 3 is 2.33 bits per heavy atom. The molecule has 0 unspecified atom stereocenters. The number of alkyl halides is 3. The van der Waals surface area contributed by atoms with Crippen LogP contribution in [0.5, 0.6) is 0 Å². The number of carbonyl (C=O) groups excluding carboxylic acids is 2. The molecule has 2 aromatic carbocycles. The number of halogens is 5. The fourth-order valence-electron chi connectivity index (χ4n) is 4.23. The van der Waals surface area contributed by atoms with Gasteiger partial charge in [0.05, 0.1) is 22.0 Å². The van der Waals surface area contributed by atoms with Crippen molar-refractivity contribution in [1.29, 1.82) is 0 Å². The number of nitrogens with one attached hydrogen (secondary N) is 2. The van der Waals surface area contributed by atoms with Gasteiger partial charge in [-0.3, -0.25) is 14.5 Å².